The van der Waals surface area contributed by atoms with Gasteiger partial charge in [0.25, 0.3) is 5.91 Å². The van der Waals surface area contributed by atoms with Gasteiger partial charge in [-0.1, -0.05) is 18.3 Å². The van der Waals surface area contributed by atoms with E-state index in [9.17, 15) is 9.28 Å². The Morgan fingerprint density at radius 3 is 2.45 bits per heavy atom. The first-order valence-corrected chi connectivity index (χ1v) is 3.49. The maximum absolute atomic E-state index is 12.7. The number of ether oxygens (including phenoxy) is 1. The normalized spacial score (nSPS) is 29.6. The Morgan fingerprint density at radius 2 is 2.27 bits per heavy atom. The van der Waals surface area contributed by atoms with Crippen LogP contribution >= 0.6 is 0 Å². The van der Waals surface area contributed by atoms with Crippen LogP contribution in [-0.2, 0) is 9.53 Å². The van der Waals surface area contributed by atoms with Gasteiger partial charge in [0.2, 0.25) is 0 Å². The summed E-state index contributed by atoms with van der Waals surface area (Å²) in [6.07, 6.45) is -0.632. The second-order valence-electron chi connectivity index (χ2n) is 3.46. The molecule has 64 valence electrons. The zero-order valence-electron chi connectivity index (χ0n) is 6.93. The van der Waals surface area contributed by atoms with Gasteiger partial charge in [-0.3, -0.25) is 4.79 Å². The Bertz CT molecular complexity index is 181. The third-order valence-corrected chi connectivity index (χ3v) is 1.96. The van der Waals surface area contributed by atoms with E-state index in [1.54, 1.807) is 13.8 Å². The summed E-state index contributed by atoms with van der Waals surface area (Å²) in [5.74, 6) is -0.572. The molecule has 0 aromatic carbocycles. The van der Waals surface area contributed by atoms with Gasteiger partial charge in [0.15, 0.2) is 0 Å². The van der Waals surface area contributed by atoms with Gasteiger partial charge in [0.05, 0.1) is 6.54 Å². The minimum atomic E-state index is -0.632. The standard InChI is InChI=1S/C7H12FNO2/c1-7(2)4-9(8)6(10)5(7)11-3/h5H,4H2,1-3H3. The smallest absolute Gasteiger partial charge is 0.279 e. The van der Waals surface area contributed by atoms with Crippen LogP contribution in [0.2, 0.25) is 0 Å². The van der Waals surface area contributed by atoms with Crippen molar-refractivity contribution in [1.29, 1.82) is 0 Å². The molecule has 1 unspecified atom stereocenters. The van der Waals surface area contributed by atoms with Crippen LogP contribution in [0, 0.1) is 5.41 Å². The monoisotopic (exact) mass is 161 g/mol. The number of carbonyl (C=O) groups is 1. The molecule has 1 rings (SSSR count). The van der Waals surface area contributed by atoms with E-state index >= 15 is 0 Å². The van der Waals surface area contributed by atoms with Crippen molar-refractivity contribution in [2.75, 3.05) is 13.7 Å². The highest BCUT2D eigenvalue weighted by Gasteiger charge is 2.47. The van der Waals surface area contributed by atoms with Crippen molar-refractivity contribution in [2.24, 2.45) is 5.41 Å². The Hall–Kier alpha value is -0.640. The lowest BCUT2D eigenvalue weighted by Gasteiger charge is -2.20. The zero-order valence-corrected chi connectivity index (χ0v) is 6.93. The molecule has 11 heavy (non-hydrogen) atoms. The first kappa shape index (κ1) is 8.46. The molecular weight excluding hydrogens is 149 g/mol. The highest BCUT2D eigenvalue weighted by molar-refractivity contribution is 5.83. The summed E-state index contributed by atoms with van der Waals surface area (Å²) < 4.78 is 17.5. The molecule has 1 amide bonds. The molecule has 1 aliphatic heterocycles. The first-order valence-electron chi connectivity index (χ1n) is 3.49. The molecule has 0 bridgehead atoms. The van der Waals surface area contributed by atoms with Gasteiger partial charge in [-0.25, -0.2) is 0 Å². The lowest BCUT2D eigenvalue weighted by molar-refractivity contribution is -0.148. The van der Waals surface area contributed by atoms with Crippen molar-refractivity contribution in [3.8, 4) is 0 Å². The largest absolute Gasteiger partial charge is 0.371 e. The summed E-state index contributed by atoms with van der Waals surface area (Å²) in [4.78, 5) is 11.0. The molecule has 3 nitrogen and oxygen atoms in total. The van der Waals surface area contributed by atoms with Gasteiger partial charge in [-0.05, 0) is 0 Å². The fourth-order valence-corrected chi connectivity index (χ4v) is 1.40. The van der Waals surface area contributed by atoms with Gasteiger partial charge in [-0.15, -0.1) is 0 Å². The summed E-state index contributed by atoms with van der Waals surface area (Å²) in [5, 5.41) is 0.216. The van der Waals surface area contributed by atoms with Crippen LogP contribution in [0.25, 0.3) is 0 Å². The van der Waals surface area contributed by atoms with Gasteiger partial charge in [0.1, 0.15) is 6.10 Å². The maximum Gasteiger partial charge on any atom is 0.279 e. The average molecular weight is 161 g/mol. The van der Waals surface area contributed by atoms with E-state index in [2.05, 4.69) is 0 Å². The van der Waals surface area contributed by atoms with Gasteiger partial charge < -0.3 is 4.74 Å². The number of halogens is 1. The van der Waals surface area contributed by atoms with Crippen LogP contribution < -0.4 is 0 Å². The molecule has 4 heteroatoms. The third kappa shape index (κ3) is 1.22. The number of carbonyl (C=O) groups excluding carboxylic acids is 1. The molecule has 0 radical (unpaired) electrons. The minimum Gasteiger partial charge on any atom is -0.371 e. The number of nitrogens with zero attached hydrogens (tertiary/aromatic N) is 1. The van der Waals surface area contributed by atoms with E-state index < -0.39 is 17.4 Å². The summed E-state index contributed by atoms with van der Waals surface area (Å²) in [7, 11) is 1.42. The molecule has 0 N–H and O–H groups in total. The summed E-state index contributed by atoms with van der Waals surface area (Å²) in [5.41, 5.74) is -0.416. The molecule has 0 spiro atoms. The lowest BCUT2D eigenvalue weighted by atomic mass is 9.90. The van der Waals surface area contributed by atoms with Crippen LogP contribution in [0.1, 0.15) is 13.8 Å². The molecule has 0 aliphatic carbocycles. The zero-order chi connectivity index (χ0) is 8.65. The molecule has 0 aromatic heterocycles. The number of rotatable bonds is 1. The predicted molar refractivity (Wildman–Crippen MR) is 37.4 cm³/mol. The quantitative estimate of drug-likeness (QED) is 0.531. The minimum absolute atomic E-state index is 0.115. The number of amides is 1. The Kier molecular flexibility index (Phi) is 1.88. The molecule has 1 atom stereocenters. The van der Waals surface area contributed by atoms with Crippen LogP contribution in [0.15, 0.2) is 0 Å². The van der Waals surface area contributed by atoms with Gasteiger partial charge in [0, 0.05) is 12.5 Å². The third-order valence-electron chi connectivity index (χ3n) is 1.96. The lowest BCUT2D eigenvalue weighted by Crippen LogP contribution is -2.31. The SMILES string of the molecule is COC1C(=O)N(F)CC1(C)C. The summed E-state index contributed by atoms with van der Waals surface area (Å²) in [6, 6.07) is 0. The van der Waals surface area contributed by atoms with Crippen LogP contribution in [0.4, 0.5) is 4.48 Å². The van der Waals surface area contributed by atoms with E-state index in [1.165, 1.54) is 7.11 Å². The average Bonchev–Trinajstić information content (AvgIpc) is 2.03. The van der Waals surface area contributed by atoms with Crippen molar-refractivity contribution in [2.45, 2.75) is 20.0 Å². The van der Waals surface area contributed by atoms with Crippen molar-refractivity contribution in [1.82, 2.24) is 5.12 Å². The predicted octanol–water partition coefficient (Wildman–Crippen LogP) is 0.754. The number of hydrogen-bond acceptors (Lipinski definition) is 2. The van der Waals surface area contributed by atoms with Crippen LogP contribution in [0.5, 0.6) is 0 Å². The second kappa shape index (κ2) is 2.44. The summed E-state index contributed by atoms with van der Waals surface area (Å²) in [6.45, 7) is 3.72. The highest BCUT2D eigenvalue weighted by atomic mass is 19.2. The molecule has 1 saturated heterocycles. The van der Waals surface area contributed by atoms with E-state index in [1.807, 2.05) is 0 Å². The van der Waals surface area contributed by atoms with Crippen LogP contribution in [0.3, 0.4) is 0 Å². The van der Waals surface area contributed by atoms with Gasteiger partial charge >= 0.3 is 0 Å². The van der Waals surface area contributed by atoms with Crippen molar-refractivity contribution in [3.05, 3.63) is 0 Å². The fraction of sp³-hybridized carbons (Fsp3) is 0.857. The molecule has 0 saturated carbocycles. The molecule has 1 heterocycles. The highest BCUT2D eigenvalue weighted by Crippen LogP contribution is 2.32. The van der Waals surface area contributed by atoms with Crippen molar-refractivity contribution >= 4 is 5.91 Å². The van der Waals surface area contributed by atoms with E-state index in [-0.39, 0.29) is 11.7 Å². The Morgan fingerprint density at radius 1 is 1.73 bits per heavy atom. The number of hydrogen-bond donors (Lipinski definition) is 0. The fourth-order valence-electron chi connectivity index (χ4n) is 1.40. The van der Waals surface area contributed by atoms with E-state index in [0.717, 1.165) is 0 Å². The molecular formula is C7H12FNO2. The first-order chi connectivity index (χ1) is 4.99. The van der Waals surface area contributed by atoms with Crippen molar-refractivity contribution in [3.63, 3.8) is 0 Å². The maximum atomic E-state index is 12.7. The van der Waals surface area contributed by atoms with E-state index in [0.29, 0.717) is 0 Å². The Labute approximate surface area is 65.1 Å². The summed E-state index contributed by atoms with van der Waals surface area (Å²) >= 11 is 0. The van der Waals surface area contributed by atoms with Gasteiger partial charge in [-0.2, -0.15) is 5.12 Å². The van der Waals surface area contributed by atoms with Crippen molar-refractivity contribution < 1.29 is 14.0 Å². The molecule has 0 aromatic rings. The molecule has 1 aliphatic rings. The number of methoxy groups -OCH3 is 1. The molecule has 1 fully saturated rings. The second-order valence-corrected chi connectivity index (χ2v) is 3.46. The van der Waals surface area contributed by atoms with E-state index in [4.69, 9.17) is 4.74 Å². The topological polar surface area (TPSA) is 29.5 Å². The van der Waals surface area contributed by atoms with Crippen LogP contribution in [-0.4, -0.2) is 30.8 Å². The Balaban J connectivity index is 2.82.